The highest BCUT2D eigenvalue weighted by atomic mass is 19.1. The number of nitrogens with zero attached hydrogens (tertiary/aromatic N) is 2. The lowest BCUT2D eigenvalue weighted by Crippen LogP contribution is -2.48. The van der Waals surface area contributed by atoms with Crippen LogP contribution in [0.3, 0.4) is 0 Å². The van der Waals surface area contributed by atoms with Gasteiger partial charge in [0.15, 0.2) is 0 Å². The number of amides is 3. The van der Waals surface area contributed by atoms with Gasteiger partial charge in [0.1, 0.15) is 11.9 Å². The largest absolute Gasteiger partial charge is 0.341 e. The van der Waals surface area contributed by atoms with E-state index in [4.69, 9.17) is 0 Å². The molecule has 3 rings (SSSR count). The quantitative estimate of drug-likeness (QED) is 0.921. The molecule has 1 aromatic carbocycles. The zero-order chi connectivity index (χ0) is 16.4. The molecule has 23 heavy (non-hydrogen) atoms. The van der Waals surface area contributed by atoms with Crippen LogP contribution >= 0.6 is 0 Å². The van der Waals surface area contributed by atoms with Crippen LogP contribution < -0.4 is 5.32 Å². The van der Waals surface area contributed by atoms with Gasteiger partial charge in [0.25, 0.3) is 0 Å². The Morgan fingerprint density at radius 2 is 1.91 bits per heavy atom. The van der Waals surface area contributed by atoms with E-state index in [-0.39, 0.29) is 17.8 Å². The zero-order valence-corrected chi connectivity index (χ0v) is 13.3. The van der Waals surface area contributed by atoms with Crippen molar-refractivity contribution in [2.24, 2.45) is 5.92 Å². The molecule has 0 radical (unpaired) electrons. The predicted molar refractivity (Wildman–Crippen MR) is 84.4 cm³/mol. The van der Waals surface area contributed by atoms with Gasteiger partial charge in [-0.1, -0.05) is 12.1 Å². The number of likely N-dealkylation sites (N-methyl/N-ethyl adjacent to an activating group) is 1. The smallest absolute Gasteiger partial charge is 0.317 e. The second-order valence-corrected chi connectivity index (χ2v) is 6.48. The Kier molecular flexibility index (Phi) is 4.50. The van der Waals surface area contributed by atoms with Gasteiger partial charge in [0.2, 0.25) is 5.91 Å². The number of nitrogens with one attached hydrogen (secondary N) is 1. The van der Waals surface area contributed by atoms with Crippen LogP contribution in [0.5, 0.6) is 0 Å². The molecule has 0 aromatic heterocycles. The molecule has 3 amide bonds. The van der Waals surface area contributed by atoms with Gasteiger partial charge in [-0.25, -0.2) is 9.18 Å². The summed E-state index contributed by atoms with van der Waals surface area (Å²) in [6.07, 6.45) is 2.81. The normalized spacial score (nSPS) is 22.3. The highest BCUT2D eigenvalue weighted by molar-refractivity contribution is 5.90. The lowest BCUT2D eigenvalue weighted by atomic mass is 9.90. The van der Waals surface area contributed by atoms with Crippen molar-refractivity contribution in [2.45, 2.75) is 25.3 Å². The fraction of sp³-hybridized carbons (Fsp3) is 0.529. The van der Waals surface area contributed by atoms with Crippen LogP contribution in [0.1, 0.15) is 18.4 Å². The van der Waals surface area contributed by atoms with E-state index in [1.165, 1.54) is 17.0 Å². The Morgan fingerprint density at radius 3 is 2.48 bits per heavy atom. The number of rotatable bonds is 3. The van der Waals surface area contributed by atoms with Crippen molar-refractivity contribution in [2.75, 3.05) is 26.7 Å². The molecule has 124 valence electrons. The second-order valence-electron chi connectivity index (χ2n) is 6.48. The molecule has 0 saturated carbocycles. The van der Waals surface area contributed by atoms with E-state index < -0.39 is 6.04 Å². The molecule has 2 aliphatic rings. The van der Waals surface area contributed by atoms with E-state index in [0.717, 1.165) is 37.9 Å². The zero-order valence-electron chi connectivity index (χ0n) is 13.3. The molecular weight excluding hydrogens is 297 g/mol. The van der Waals surface area contributed by atoms with Gasteiger partial charge >= 0.3 is 6.03 Å². The number of urea groups is 1. The van der Waals surface area contributed by atoms with Crippen LogP contribution in [0.2, 0.25) is 0 Å². The fourth-order valence-electron chi connectivity index (χ4n) is 3.33. The molecule has 2 fully saturated rings. The van der Waals surface area contributed by atoms with Crippen molar-refractivity contribution in [3.63, 3.8) is 0 Å². The lowest BCUT2D eigenvalue weighted by molar-refractivity contribution is -0.134. The summed E-state index contributed by atoms with van der Waals surface area (Å²) in [6.45, 7) is 1.88. The van der Waals surface area contributed by atoms with Crippen LogP contribution in [0.4, 0.5) is 9.18 Å². The first-order valence-electron chi connectivity index (χ1n) is 8.08. The predicted octanol–water partition coefficient (Wildman–Crippen LogP) is 1.63. The Labute approximate surface area is 135 Å². The van der Waals surface area contributed by atoms with E-state index in [1.54, 1.807) is 7.05 Å². The Balaban J connectivity index is 1.49. The Morgan fingerprint density at radius 1 is 1.26 bits per heavy atom. The van der Waals surface area contributed by atoms with Crippen molar-refractivity contribution in [1.29, 1.82) is 0 Å². The molecule has 0 bridgehead atoms. The van der Waals surface area contributed by atoms with Crippen molar-refractivity contribution in [3.8, 4) is 0 Å². The first-order chi connectivity index (χ1) is 11.0. The Hall–Kier alpha value is -2.11. The van der Waals surface area contributed by atoms with E-state index in [2.05, 4.69) is 5.32 Å². The summed E-state index contributed by atoms with van der Waals surface area (Å²) in [7, 11) is 1.69. The van der Waals surface area contributed by atoms with E-state index in [1.807, 2.05) is 17.0 Å². The first-order valence-corrected chi connectivity index (χ1v) is 8.08. The van der Waals surface area contributed by atoms with E-state index in [0.29, 0.717) is 12.5 Å². The van der Waals surface area contributed by atoms with Gasteiger partial charge in [-0.2, -0.15) is 0 Å². The number of carbonyl (C=O) groups excluding carboxylic acids is 2. The number of carbonyl (C=O) groups is 2. The monoisotopic (exact) mass is 319 g/mol. The SMILES string of the molecule is CN1C[C@@H](C(=O)N2CCC(Cc3ccc(F)cc3)CC2)NC1=O. The third-order valence-corrected chi connectivity index (χ3v) is 4.76. The average Bonchev–Trinajstić information content (AvgIpc) is 2.89. The fourth-order valence-corrected chi connectivity index (χ4v) is 3.33. The molecule has 0 aliphatic carbocycles. The molecule has 2 saturated heterocycles. The summed E-state index contributed by atoms with van der Waals surface area (Å²) in [4.78, 5) is 27.3. The van der Waals surface area contributed by atoms with Crippen LogP contribution in [0.25, 0.3) is 0 Å². The maximum absolute atomic E-state index is 12.9. The minimum Gasteiger partial charge on any atom is -0.341 e. The minimum absolute atomic E-state index is 0.0166. The number of hydrogen-bond donors (Lipinski definition) is 1. The molecule has 0 spiro atoms. The summed E-state index contributed by atoms with van der Waals surface area (Å²) >= 11 is 0. The maximum Gasteiger partial charge on any atom is 0.317 e. The molecule has 1 N–H and O–H groups in total. The Bertz CT molecular complexity index is 582. The van der Waals surface area contributed by atoms with E-state index >= 15 is 0 Å². The van der Waals surface area contributed by atoms with E-state index in [9.17, 15) is 14.0 Å². The van der Waals surface area contributed by atoms with Crippen molar-refractivity contribution >= 4 is 11.9 Å². The number of likely N-dealkylation sites (tertiary alicyclic amines) is 1. The summed E-state index contributed by atoms with van der Waals surface area (Å²) in [6, 6.07) is 6.05. The lowest BCUT2D eigenvalue weighted by Gasteiger charge is -2.33. The van der Waals surface area contributed by atoms with Crippen LogP contribution in [0.15, 0.2) is 24.3 Å². The van der Waals surface area contributed by atoms with Crippen LogP contribution in [-0.4, -0.2) is 54.5 Å². The number of halogens is 1. The molecule has 2 aliphatic heterocycles. The minimum atomic E-state index is -0.416. The summed E-state index contributed by atoms with van der Waals surface area (Å²) in [5, 5.41) is 2.72. The summed E-state index contributed by atoms with van der Waals surface area (Å²) in [5.41, 5.74) is 1.14. The molecule has 2 heterocycles. The number of piperidine rings is 1. The number of hydrogen-bond acceptors (Lipinski definition) is 2. The number of benzene rings is 1. The summed E-state index contributed by atoms with van der Waals surface area (Å²) < 4.78 is 12.9. The van der Waals surface area contributed by atoms with Crippen molar-refractivity contribution < 1.29 is 14.0 Å². The van der Waals surface area contributed by atoms with Crippen LogP contribution in [0, 0.1) is 11.7 Å². The topological polar surface area (TPSA) is 52.7 Å². The molecule has 6 heteroatoms. The average molecular weight is 319 g/mol. The van der Waals surface area contributed by atoms with Gasteiger partial charge in [-0.3, -0.25) is 4.79 Å². The van der Waals surface area contributed by atoms with Crippen molar-refractivity contribution in [3.05, 3.63) is 35.6 Å². The van der Waals surface area contributed by atoms with Gasteiger partial charge in [0.05, 0.1) is 6.54 Å². The molecule has 1 atom stereocenters. The molecule has 5 nitrogen and oxygen atoms in total. The molecule has 0 unspecified atom stereocenters. The highest BCUT2D eigenvalue weighted by Gasteiger charge is 2.35. The van der Waals surface area contributed by atoms with Crippen LogP contribution in [-0.2, 0) is 11.2 Å². The molecular formula is C17H22FN3O2. The van der Waals surface area contributed by atoms with Crippen molar-refractivity contribution in [1.82, 2.24) is 15.1 Å². The highest BCUT2D eigenvalue weighted by Crippen LogP contribution is 2.22. The summed E-state index contributed by atoms with van der Waals surface area (Å²) in [5.74, 6) is 0.325. The first kappa shape index (κ1) is 15.8. The third-order valence-electron chi connectivity index (χ3n) is 4.76. The maximum atomic E-state index is 12.9. The third kappa shape index (κ3) is 3.63. The second kappa shape index (κ2) is 6.56. The van der Waals surface area contributed by atoms with Gasteiger partial charge in [0, 0.05) is 20.1 Å². The van der Waals surface area contributed by atoms with Gasteiger partial charge in [-0.05, 0) is 42.9 Å². The van der Waals surface area contributed by atoms with Gasteiger partial charge < -0.3 is 15.1 Å². The molecule has 1 aromatic rings. The van der Waals surface area contributed by atoms with Gasteiger partial charge in [-0.15, -0.1) is 0 Å². The standard InChI is InChI=1S/C17H22FN3O2/c1-20-11-15(19-17(20)23)16(22)21-8-6-13(7-9-21)10-12-2-4-14(18)5-3-12/h2-5,13,15H,6-11H2,1H3,(H,19,23)/t15-/m0/s1.